The molecule has 0 bridgehead atoms. The van der Waals surface area contributed by atoms with Crippen LogP contribution < -0.4 is 5.32 Å². The van der Waals surface area contributed by atoms with Gasteiger partial charge in [0.2, 0.25) is 0 Å². The number of aryl methyl sites for hydroxylation is 2. The van der Waals surface area contributed by atoms with Crippen molar-refractivity contribution in [2.75, 3.05) is 19.6 Å². The predicted octanol–water partition coefficient (Wildman–Crippen LogP) is 7.41. The fraction of sp³-hybridized carbons (Fsp3) is 0.474. The predicted molar refractivity (Wildman–Crippen MR) is 181 cm³/mol. The van der Waals surface area contributed by atoms with Gasteiger partial charge in [-0.15, -0.1) is 0 Å². The number of nitrogens with one attached hydrogen (secondary N) is 1. The maximum atomic E-state index is 14.4. The van der Waals surface area contributed by atoms with Crippen molar-refractivity contribution in [3.63, 3.8) is 0 Å². The molecule has 0 amide bonds. The van der Waals surface area contributed by atoms with Crippen LogP contribution >= 0.6 is 0 Å². The standard InChI is InChI=1S/C38H46FN7/c1-26(42-25-38(2,3)4)31-11-13-34-35(21-31)46(23-27-6-5-7-27)36(44-34)24-45-18-15-30(16-19-45)37-41-17-14-32(43-37)12-10-29-9-8-28(22-40)20-33(29)39/h8-9,11,13-14,17,20-21,27,30,42H,1,5-7,10,12,15-16,18-19,23-25H2,2-4H3. The fourth-order valence-corrected chi connectivity index (χ4v) is 6.47. The minimum absolute atomic E-state index is 0.183. The third-order valence-corrected chi connectivity index (χ3v) is 9.56. The van der Waals surface area contributed by atoms with E-state index in [4.69, 9.17) is 15.2 Å². The molecular formula is C38H46FN7. The lowest BCUT2D eigenvalue weighted by Crippen LogP contribution is -2.34. The highest BCUT2D eigenvalue weighted by atomic mass is 19.1. The molecular weight excluding hydrogens is 573 g/mol. The highest BCUT2D eigenvalue weighted by molar-refractivity contribution is 5.81. The SMILES string of the molecule is C=C(NCC(C)(C)C)c1ccc2nc(CN3CCC(c4nccc(CCc5ccc(C#N)cc5F)n4)CC3)n(CC3CCC3)c2c1. The summed E-state index contributed by atoms with van der Waals surface area (Å²) >= 11 is 0. The second-order valence-electron chi connectivity index (χ2n) is 14.4. The number of aromatic nitrogens is 4. The lowest BCUT2D eigenvalue weighted by atomic mass is 9.85. The summed E-state index contributed by atoms with van der Waals surface area (Å²) in [5.41, 5.74) is 6.41. The molecule has 46 heavy (non-hydrogen) atoms. The number of halogens is 1. The van der Waals surface area contributed by atoms with E-state index in [9.17, 15) is 4.39 Å². The van der Waals surface area contributed by atoms with Gasteiger partial charge < -0.3 is 9.88 Å². The first kappa shape index (κ1) is 31.9. The number of nitriles is 1. The smallest absolute Gasteiger partial charge is 0.131 e. The molecule has 0 radical (unpaired) electrons. The second-order valence-corrected chi connectivity index (χ2v) is 14.4. The first-order chi connectivity index (χ1) is 22.1. The number of benzene rings is 2. The molecule has 7 nitrogen and oxygen atoms in total. The summed E-state index contributed by atoms with van der Waals surface area (Å²) in [6.45, 7) is 15.7. The van der Waals surface area contributed by atoms with E-state index in [2.05, 4.69) is 65.3 Å². The summed E-state index contributed by atoms with van der Waals surface area (Å²) in [5, 5.41) is 12.5. The van der Waals surface area contributed by atoms with Gasteiger partial charge in [-0.1, -0.05) is 45.9 Å². The monoisotopic (exact) mass is 619 g/mol. The summed E-state index contributed by atoms with van der Waals surface area (Å²) < 4.78 is 16.9. The molecule has 2 aliphatic rings. The van der Waals surface area contributed by atoms with E-state index in [1.807, 2.05) is 18.3 Å². The molecule has 0 spiro atoms. The van der Waals surface area contributed by atoms with E-state index in [-0.39, 0.29) is 11.2 Å². The van der Waals surface area contributed by atoms with E-state index >= 15 is 0 Å². The van der Waals surface area contributed by atoms with Crippen LogP contribution in [0.3, 0.4) is 0 Å². The molecule has 1 aliphatic carbocycles. The van der Waals surface area contributed by atoms with Crippen LogP contribution in [0.2, 0.25) is 0 Å². The number of piperidine rings is 1. The average Bonchev–Trinajstić information content (AvgIpc) is 3.36. The summed E-state index contributed by atoms with van der Waals surface area (Å²) in [4.78, 5) is 17.2. The maximum Gasteiger partial charge on any atom is 0.131 e. The number of fused-ring (bicyclic) bond motifs is 1. The first-order valence-corrected chi connectivity index (χ1v) is 16.8. The van der Waals surface area contributed by atoms with Crippen LogP contribution in [0.25, 0.3) is 16.7 Å². The van der Waals surface area contributed by atoms with Crippen LogP contribution in [0.4, 0.5) is 4.39 Å². The number of nitrogens with zero attached hydrogens (tertiary/aromatic N) is 6. The molecule has 240 valence electrons. The Labute approximate surface area is 272 Å². The lowest BCUT2D eigenvalue weighted by molar-refractivity contribution is 0.192. The highest BCUT2D eigenvalue weighted by Gasteiger charge is 2.26. The summed E-state index contributed by atoms with van der Waals surface area (Å²) in [6.07, 6.45) is 8.93. The molecule has 1 aliphatic heterocycles. The summed E-state index contributed by atoms with van der Waals surface area (Å²) in [5.74, 6) is 2.75. The molecule has 0 unspecified atom stereocenters. The van der Waals surface area contributed by atoms with E-state index < -0.39 is 0 Å². The molecule has 1 saturated carbocycles. The van der Waals surface area contributed by atoms with Crippen molar-refractivity contribution < 1.29 is 4.39 Å². The number of hydrogen-bond acceptors (Lipinski definition) is 6. The number of imidazole rings is 1. The van der Waals surface area contributed by atoms with Gasteiger partial charge in [0.15, 0.2) is 0 Å². The van der Waals surface area contributed by atoms with Crippen LogP contribution in [0.5, 0.6) is 0 Å². The van der Waals surface area contributed by atoms with Gasteiger partial charge in [-0.25, -0.2) is 19.3 Å². The van der Waals surface area contributed by atoms with Crippen molar-refractivity contribution in [2.24, 2.45) is 11.3 Å². The van der Waals surface area contributed by atoms with Crippen molar-refractivity contribution >= 4 is 16.7 Å². The zero-order valence-corrected chi connectivity index (χ0v) is 27.5. The van der Waals surface area contributed by atoms with Crippen molar-refractivity contribution in [1.82, 2.24) is 29.7 Å². The van der Waals surface area contributed by atoms with Gasteiger partial charge in [0.05, 0.1) is 29.2 Å². The number of likely N-dealkylation sites (tertiary alicyclic amines) is 1. The Hall–Kier alpha value is -4.09. The largest absolute Gasteiger partial charge is 0.385 e. The molecule has 1 saturated heterocycles. The molecule has 0 atom stereocenters. The minimum Gasteiger partial charge on any atom is -0.385 e. The molecule has 8 heteroatoms. The normalized spacial score (nSPS) is 16.3. The third-order valence-electron chi connectivity index (χ3n) is 9.56. The molecule has 2 aromatic heterocycles. The van der Waals surface area contributed by atoms with E-state index in [0.717, 1.165) is 85.6 Å². The quantitative estimate of drug-likeness (QED) is 0.188. The van der Waals surface area contributed by atoms with Gasteiger partial charge in [0.1, 0.15) is 17.5 Å². The van der Waals surface area contributed by atoms with Gasteiger partial charge in [0.25, 0.3) is 0 Å². The molecule has 2 fully saturated rings. The van der Waals surface area contributed by atoms with Gasteiger partial charge in [0, 0.05) is 36.6 Å². The minimum atomic E-state index is -0.332. The van der Waals surface area contributed by atoms with Gasteiger partial charge in [-0.05, 0) is 104 Å². The third kappa shape index (κ3) is 7.64. The Morgan fingerprint density at radius 3 is 2.54 bits per heavy atom. The van der Waals surface area contributed by atoms with Gasteiger partial charge in [-0.3, -0.25) is 4.90 Å². The second kappa shape index (κ2) is 13.7. The Bertz CT molecular complexity index is 1730. The molecule has 6 rings (SSSR count). The highest BCUT2D eigenvalue weighted by Crippen LogP contribution is 2.32. The fourth-order valence-electron chi connectivity index (χ4n) is 6.47. The Kier molecular flexibility index (Phi) is 9.51. The first-order valence-electron chi connectivity index (χ1n) is 16.8. The zero-order valence-electron chi connectivity index (χ0n) is 27.5. The van der Waals surface area contributed by atoms with Crippen molar-refractivity contribution in [2.45, 2.75) is 84.7 Å². The molecule has 3 heterocycles. The lowest BCUT2D eigenvalue weighted by Gasteiger charge is -2.32. The van der Waals surface area contributed by atoms with Gasteiger partial charge >= 0.3 is 0 Å². The summed E-state index contributed by atoms with van der Waals surface area (Å²) in [7, 11) is 0. The topological polar surface area (TPSA) is 82.7 Å². The van der Waals surface area contributed by atoms with Crippen molar-refractivity contribution in [3.8, 4) is 6.07 Å². The number of hydrogen-bond donors (Lipinski definition) is 1. The van der Waals surface area contributed by atoms with Crippen molar-refractivity contribution in [1.29, 1.82) is 5.26 Å². The molecule has 1 N–H and O–H groups in total. The molecule has 4 aromatic rings. The number of rotatable bonds is 11. The van der Waals surface area contributed by atoms with Crippen LogP contribution in [-0.4, -0.2) is 44.1 Å². The maximum absolute atomic E-state index is 14.4. The Balaban J connectivity index is 1.10. The average molecular weight is 620 g/mol. The summed E-state index contributed by atoms with van der Waals surface area (Å²) in [6, 6.07) is 15.2. The van der Waals surface area contributed by atoms with Crippen LogP contribution in [-0.2, 0) is 25.9 Å². The van der Waals surface area contributed by atoms with E-state index in [1.165, 1.54) is 30.8 Å². The van der Waals surface area contributed by atoms with Crippen LogP contribution in [0.15, 0.2) is 55.2 Å². The van der Waals surface area contributed by atoms with Crippen LogP contribution in [0, 0.1) is 28.5 Å². The van der Waals surface area contributed by atoms with Crippen molar-refractivity contribution in [3.05, 3.63) is 95.1 Å². The van der Waals surface area contributed by atoms with Gasteiger partial charge in [-0.2, -0.15) is 5.26 Å². The molecule has 2 aromatic carbocycles. The Morgan fingerprint density at radius 1 is 1.04 bits per heavy atom. The van der Waals surface area contributed by atoms with Crippen LogP contribution in [0.1, 0.15) is 92.8 Å². The zero-order chi connectivity index (χ0) is 32.3. The Morgan fingerprint density at radius 2 is 1.85 bits per heavy atom. The van der Waals surface area contributed by atoms with E-state index in [0.29, 0.717) is 29.9 Å². The van der Waals surface area contributed by atoms with E-state index in [1.54, 1.807) is 12.1 Å².